The molecular weight excluding hydrogens is 326 g/mol. The van der Waals surface area contributed by atoms with Gasteiger partial charge in [-0.1, -0.05) is 62.6 Å². The third-order valence-electron chi connectivity index (χ3n) is 5.51. The van der Waals surface area contributed by atoms with Gasteiger partial charge < -0.3 is 4.90 Å². The molecule has 25 heavy (non-hydrogen) atoms. The maximum absolute atomic E-state index is 6.60. The maximum atomic E-state index is 6.60. The number of hydrogen-bond donors (Lipinski definition) is 0. The first kappa shape index (κ1) is 18.3. The van der Waals surface area contributed by atoms with Crippen molar-refractivity contribution in [3.05, 3.63) is 63.7 Å². The largest absolute Gasteiger partial charge is 0.371 e. The molecule has 0 fully saturated rings. The SMILES string of the molecule is CCCCCN1CC(C)C(c2ccccc2Cl)c2c(C)cc(C)cc21. The summed E-state index contributed by atoms with van der Waals surface area (Å²) in [5.41, 5.74) is 6.93. The van der Waals surface area contributed by atoms with E-state index in [4.69, 9.17) is 11.6 Å². The normalized spacial score (nSPS) is 19.8. The van der Waals surface area contributed by atoms with E-state index in [9.17, 15) is 0 Å². The van der Waals surface area contributed by atoms with Crippen molar-refractivity contribution in [2.45, 2.75) is 52.9 Å². The van der Waals surface area contributed by atoms with E-state index in [0.29, 0.717) is 11.8 Å². The van der Waals surface area contributed by atoms with Crippen LogP contribution in [0, 0.1) is 19.8 Å². The van der Waals surface area contributed by atoms with Crippen molar-refractivity contribution in [1.29, 1.82) is 0 Å². The van der Waals surface area contributed by atoms with Crippen molar-refractivity contribution in [3.63, 3.8) is 0 Å². The van der Waals surface area contributed by atoms with E-state index in [1.807, 2.05) is 12.1 Å². The van der Waals surface area contributed by atoms with Gasteiger partial charge in [-0.15, -0.1) is 0 Å². The summed E-state index contributed by atoms with van der Waals surface area (Å²) < 4.78 is 0. The zero-order chi connectivity index (χ0) is 18.0. The van der Waals surface area contributed by atoms with Crippen LogP contribution >= 0.6 is 11.6 Å². The second-order valence-electron chi connectivity index (χ2n) is 7.64. The number of aryl methyl sites for hydroxylation is 2. The number of benzene rings is 2. The lowest BCUT2D eigenvalue weighted by Crippen LogP contribution is -2.38. The molecule has 0 saturated carbocycles. The van der Waals surface area contributed by atoms with E-state index in [2.05, 4.69) is 56.9 Å². The molecule has 0 aliphatic carbocycles. The Hall–Kier alpha value is -1.47. The molecule has 1 nitrogen and oxygen atoms in total. The molecule has 0 saturated heterocycles. The fraction of sp³-hybridized carbons (Fsp3) is 0.478. The Morgan fingerprint density at radius 1 is 1.12 bits per heavy atom. The summed E-state index contributed by atoms with van der Waals surface area (Å²) in [6.07, 6.45) is 3.84. The minimum atomic E-state index is 0.381. The third-order valence-corrected chi connectivity index (χ3v) is 5.85. The van der Waals surface area contributed by atoms with Crippen molar-refractivity contribution >= 4 is 17.3 Å². The third kappa shape index (κ3) is 3.72. The highest BCUT2D eigenvalue weighted by Crippen LogP contribution is 2.46. The van der Waals surface area contributed by atoms with Gasteiger partial charge >= 0.3 is 0 Å². The van der Waals surface area contributed by atoms with Crippen LogP contribution in [0.15, 0.2) is 36.4 Å². The minimum absolute atomic E-state index is 0.381. The quantitative estimate of drug-likeness (QED) is 0.537. The Kier molecular flexibility index (Phi) is 5.74. The lowest BCUT2D eigenvalue weighted by Gasteiger charge is -2.42. The van der Waals surface area contributed by atoms with Gasteiger partial charge in [0.05, 0.1) is 0 Å². The molecule has 0 aromatic heterocycles. The average Bonchev–Trinajstić information content (AvgIpc) is 2.57. The number of rotatable bonds is 5. The molecule has 2 unspecified atom stereocenters. The van der Waals surface area contributed by atoms with Crippen LogP contribution in [0.2, 0.25) is 5.02 Å². The van der Waals surface area contributed by atoms with E-state index >= 15 is 0 Å². The average molecular weight is 356 g/mol. The van der Waals surface area contributed by atoms with Crippen LogP contribution in [0.1, 0.15) is 61.3 Å². The van der Waals surface area contributed by atoms with Gasteiger partial charge in [-0.3, -0.25) is 0 Å². The predicted molar refractivity (Wildman–Crippen MR) is 110 cm³/mol. The number of hydrogen-bond acceptors (Lipinski definition) is 1. The summed E-state index contributed by atoms with van der Waals surface area (Å²) in [5, 5.41) is 0.893. The van der Waals surface area contributed by atoms with Gasteiger partial charge in [0.2, 0.25) is 0 Å². The molecule has 134 valence electrons. The topological polar surface area (TPSA) is 3.24 Å². The summed E-state index contributed by atoms with van der Waals surface area (Å²) in [6.45, 7) is 11.4. The molecule has 2 aromatic rings. The van der Waals surface area contributed by atoms with Gasteiger partial charge in [-0.05, 0) is 60.6 Å². The first-order valence-corrected chi connectivity index (χ1v) is 10.0. The zero-order valence-corrected chi connectivity index (χ0v) is 16.7. The van der Waals surface area contributed by atoms with Crippen molar-refractivity contribution in [1.82, 2.24) is 0 Å². The number of halogens is 1. The van der Waals surface area contributed by atoms with E-state index in [1.165, 1.54) is 47.2 Å². The molecule has 0 N–H and O–H groups in total. The molecule has 0 amide bonds. The van der Waals surface area contributed by atoms with Crippen LogP contribution in [0.25, 0.3) is 0 Å². The Bertz CT molecular complexity index is 737. The number of fused-ring (bicyclic) bond motifs is 1. The van der Waals surface area contributed by atoms with Crippen LogP contribution in [-0.4, -0.2) is 13.1 Å². The number of nitrogens with zero attached hydrogens (tertiary/aromatic N) is 1. The molecule has 0 spiro atoms. The molecule has 1 heterocycles. The van der Waals surface area contributed by atoms with Crippen LogP contribution < -0.4 is 4.90 Å². The Morgan fingerprint density at radius 2 is 1.88 bits per heavy atom. The lowest BCUT2D eigenvalue weighted by molar-refractivity contribution is 0.469. The fourth-order valence-electron chi connectivity index (χ4n) is 4.41. The molecule has 1 aliphatic rings. The fourth-order valence-corrected chi connectivity index (χ4v) is 4.67. The van der Waals surface area contributed by atoms with Crippen molar-refractivity contribution in [2.75, 3.05) is 18.0 Å². The Morgan fingerprint density at radius 3 is 2.60 bits per heavy atom. The highest BCUT2D eigenvalue weighted by Gasteiger charge is 2.34. The molecule has 1 aliphatic heterocycles. The second-order valence-corrected chi connectivity index (χ2v) is 8.05. The molecule has 2 atom stereocenters. The van der Waals surface area contributed by atoms with Crippen LogP contribution in [0.3, 0.4) is 0 Å². The molecule has 2 heteroatoms. The lowest BCUT2D eigenvalue weighted by atomic mass is 9.75. The zero-order valence-electron chi connectivity index (χ0n) is 16.0. The van der Waals surface area contributed by atoms with E-state index in [-0.39, 0.29) is 0 Å². The summed E-state index contributed by atoms with van der Waals surface area (Å²) in [4.78, 5) is 2.61. The highest BCUT2D eigenvalue weighted by atomic mass is 35.5. The van der Waals surface area contributed by atoms with E-state index < -0.39 is 0 Å². The predicted octanol–water partition coefficient (Wildman–Crippen LogP) is 6.74. The van der Waals surface area contributed by atoms with Crippen LogP contribution in [-0.2, 0) is 0 Å². The first-order valence-electron chi connectivity index (χ1n) is 9.63. The summed E-state index contributed by atoms with van der Waals surface area (Å²) in [6, 6.07) is 13.1. The molecule has 0 bridgehead atoms. The molecule has 3 rings (SSSR count). The van der Waals surface area contributed by atoms with Crippen molar-refractivity contribution in [3.8, 4) is 0 Å². The number of anilines is 1. The van der Waals surface area contributed by atoms with Gasteiger partial charge in [0.1, 0.15) is 0 Å². The number of unbranched alkanes of at least 4 members (excludes halogenated alkanes) is 2. The van der Waals surface area contributed by atoms with Gasteiger partial charge in [-0.2, -0.15) is 0 Å². The van der Waals surface area contributed by atoms with Gasteiger partial charge in [0.25, 0.3) is 0 Å². The van der Waals surface area contributed by atoms with Crippen LogP contribution in [0.4, 0.5) is 5.69 Å². The van der Waals surface area contributed by atoms with Crippen molar-refractivity contribution < 1.29 is 0 Å². The summed E-state index contributed by atoms with van der Waals surface area (Å²) in [7, 11) is 0. The smallest absolute Gasteiger partial charge is 0.0444 e. The van der Waals surface area contributed by atoms with E-state index in [1.54, 1.807) is 0 Å². The highest BCUT2D eigenvalue weighted by molar-refractivity contribution is 6.31. The van der Waals surface area contributed by atoms with Gasteiger partial charge in [0.15, 0.2) is 0 Å². The second kappa shape index (κ2) is 7.83. The van der Waals surface area contributed by atoms with Crippen LogP contribution in [0.5, 0.6) is 0 Å². The minimum Gasteiger partial charge on any atom is -0.371 e. The standard InChI is InChI=1S/C23H30ClN/c1-5-6-9-12-25-15-18(4)22(19-10-7-8-11-20(19)24)23-17(3)13-16(2)14-21(23)25/h7-8,10-11,13-14,18,22H,5-6,9,12,15H2,1-4H3. The summed E-state index contributed by atoms with van der Waals surface area (Å²) in [5.74, 6) is 0.933. The molecule has 0 radical (unpaired) electrons. The first-order chi connectivity index (χ1) is 12.0. The van der Waals surface area contributed by atoms with E-state index in [0.717, 1.165) is 18.1 Å². The molecular formula is C23H30ClN. The maximum Gasteiger partial charge on any atom is 0.0444 e. The Balaban J connectivity index is 2.08. The Labute approximate surface area is 158 Å². The summed E-state index contributed by atoms with van der Waals surface area (Å²) >= 11 is 6.60. The van der Waals surface area contributed by atoms with Gasteiger partial charge in [0, 0.05) is 29.7 Å². The van der Waals surface area contributed by atoms with Crippen molar-refractivity contribution in [2.24, 2.45) is 5.92 Å². The van der Waals surface area contributed by atoms with Gasteiger partial charge in [-0.25, -0.2) is 0 Å². The molecule has 2 aromatic carbocycles. The monoisotopic (exact) mass is 355 g/mol.